The number of H-pyrrole nitrogens is 3. The van der Waals surface area contributed by atoms with E-state index < -0.39 is 204 Å². The number of hydrogen-bond acceptors (Lipinski definition) is 23. The third-order valence-corrected chi connectivity index (χ3v) is 25.0. The second-order valence-electron chi connectivity index (χ2n) is 34.3. The summed E-state index contributed by atoms with van der Waals surface area (Å²) in [4.78, 5) is 238. The average molecular weight is 1830 g/mol. The molecule has 3 aromatic carbocycles. The van der Waals surface area contributed by atoms with Crippen LogP contribution in [-0.4, -0.2) is 311 Å². The second-order valence-corrected chi connectivity index (χ2v) is 35.4. The number of para-hydroxylation sites is 2. The SMILES string of the molecule is CCCC[C@H]1CN(C)[C@@H](CCCC)C(=O)N[C@@H](C)C(=O)NC(C(=O)NCC(N)=O)CSCC(=O)N[C@@H](Cc2ccc(O)cc2)C(=O)N(C)[C@@H](C)C(=O)N[C@@H](CC(N)=O)C(=O)N2CCC[C@H]2C(=O)N[C@@H](Cc2cnc[nH]2)C(=O)N[C@@H](CC(C)C)C(=O)N2C[C@H](O)C[C@H]2C(O)N[C@@H](Cc2c[nH]c3ccccc23)C(=O)NC(CCN)C(=O)N[C@@H](Cc2c[nH]c3ccccc23)C(=O)N1C. The summed E-state index contributed by atoms with van der Waals surface area (Å²) < 4.78 is 0. The lowest BCUT2D eigenvalue weighted by Gasteiger charge is -2.37. The van der Waals surface area contributed by atoms with E-state index in [0.717, 1.165) is 32.5 Å². The molecular formula is C89H128N22O18S. The fourth-order valence-corrected chi connectivity index (χ4v) is 17.5. The molecule has 3 unspecified atom stereocenters. The number of thioether (sulfide) groups is 1. The number of nitrogens with zero attached hydrogens (tertiary/aromatic N) is 6. The lowest BCUT2D eigenvalue weighted by Crippen LogP contribution is -2.62. The van der Waals surface area contributed by atoms with Crippen molar-refractivity contribution >= 4 is 122 Å². The minimum atomic E-state index is -1.82. The Labute approximate surface area is 758 Å². The molecule has 3 aliphatic rings. The van der Waals surface area contributed by atoms with Crippen molar-refractivity contribution in [2.75, 3.05) is 65.4 Å². The number of likely N-dealkylation sites (N-methyl/N-ethyl adjacent to an activating group) is 3. The van der Waals surface area contributed by atoms with Crippen molar-refractivity contribution in [1.82, 2.24) is 97.6 Å². The van der Waals surface area contributed by atoms with Crippen LogP contribution in [-0.2, 0) is 97.6 Å². The van der Waals surface area contributed by atoms with E-state index in [0.29, 0.717) is 65.4 Å². The van der Waals surface area contributed by atoms with Gasteiger partial charge in [0.2, 0.25) is 88.6 Å². The molecular weight excluding hydrogens is 1700 g/mol. The highest BCUT2D eigenvalue weighted by Gasteiger charge is 2.46. The summed E-state index contributed by atoms with van der Waals surface area (Å²) in [6, 6.07) is 1.52. The van der Waals surface area contributed by atoms with Crippen molar-refractivity contribution in [2.24, 2.45) is 23.1 Å². The Kier molecular flexibility index (Phi) is 38.0. The highest BCUT2D eigenvalue weighted by atomic mass is 32.2. The lowest BCUT2D eigenvalue weighted by molar-refractivity contribution is -0.145. The predicted octanol–water partition coefficient (Wildman–Crippen LogP) is -1.55. The molecule has 40 nitrogen and oxygen atoms in total. The van der Waals surface area contributed by atoms with Crippen molar-refractivity contribution in [3.8, 4) is 5.75 Å². The number of aliphatic hydroxyl groups excluding tert-OH is 2. The van der Waals surface area contributed by atoms with Crippen molar-refractivity contribution in [3.63, 3.8) is 0 Å². The molecule has 3 aromatic heterocycles. The molecule has 0 spiro atoms. The number of primary amides is 2. The Morgan fingerprint density at radius 2 is 1.18 bits per heavy atom. The Morgan fingerprint density at radius 1 is 0.592 bits per heavy atom. The zero-order valence-electron chi connectivity index (χ0n) is 75.1. The minimum Gasteiger partial charge on any atom is -0.508 e. The zero-order valence-corrected chi connectivity index (χ0v) is 75.9. The van der Waals surface area contributed by atoms with Crippen LogP contribution in [0.1, 0.15) is 141 Å². The van der Waals surface area contributed by atoms with Crippen LogP contribution in [0.15, 0.2) is 97.7 Å². The molecule has 41 heteroatoms. The van der Waals surface area contributed by atoms with Gasteiger partial charge in [-0.05, 0) is 126 Å². The smallest absolute Gasteiger partial charge is 0.246 e. The number of nitrogens with two attached hydrogens (primary N) is 3. The number of aliphatic hydroxyl groups is 2. The van der Waals surface area contributed by atoms with E-state index in [-0.39, 0.29) is 108 Å². The molecule has 3 saturated heterocycles. The number of nitrogens with one attached hydrogen (secondary N) is 13. The lowest BCUT2D eigenvalue weighted by atomic mass is 10.00. The normalized spacial score (nSPS) is 26.1. The number of rotatable bonds is 23. The van der Waals surface area contributed by atoms with Gasteiger partial charge in [0.1, 0.15) is 72.4 Å². The van der Waals surface area contributed by atoms with Gasteiger partial charge in [-0.2, -0.15) is 0 Å². The summed E-state index contributed by atoms with van der Waals surface area (Å²) in [5.74, 6) is -13.8. The molecule has 0 radical (unpaired) electrons. The molecule has 130 heavy (non-hydrogen) atoms. The van der Waals surface area contributed by atoms with Gasteiger partial charge in [-0.3, -0.25) is 82.1 Å². The van der Waals surface area contributed by atoms with Gasteiger partial charge in [-0.15, -0.1) is 11.8 Å². The van der Waals surface area contributed by atoms with Crippen LogP contribution in [0.2, 0.25) is 0 Å². The van der Waals surface area contributed by atoms with Gasteiger partial charge in [0.15, 0.2) is 0 Å². The fourth-order valence-electron chi connectivity index (χ4n) is 16.6. The molecule has 0 bridgehead atoms. The summed E-state index contributed by atoms with van der Waals surface area (Å²) in [7, 11) is 4.56. The molecule has 15 amide bonds. The zero-order chi connectivity index (χ0) is 94.7. The molecule has 9 rings (SSSR count). The molecule has 0 saturated carbocycles. The highest BCUT2D eigenvalue weighted by Crippen LogP contribution is 2.29. The minimum absolute atomic E-state index is 0.0137. The Hall–Kier alpha value is -12.1. The van der Waals surface area contributed by atoms with Gasteiger partial charge < -0.3 is 115 Å². The van der Waals surface area contributed by atoms with E-state index in [9.17, 15) is 63.3 Å². The van der Waals surface area contributed by atoms with Gasteiger partial charge >= 0.3 is 0 Å². The van der Waals surface area contributed by atoms with Gasteiger partial charge in [-0.25, -0.2) is 4.98 Å². The molecule has 16 atom stereocenters. The predicted molar refractivity (Wildman–Crippen MR) is 484 cm³/mol. The summed E-state index contributed by atoms with van der Waals surface area (Å²) >= 11 is 0.829. The van der Waals surface area contributed by atoms with Gasteiger partial charge in [0, 0.05) is 111 Å². The van der Waals surface area contributed by atoms with Crippen molar-refractivity contribution in [1.29, 1.82) is 0 Å². The average Bonchev–Trinajstić information content (AvgIpc) is 1.65. The number of aromatic nitrogens is 4. The highest BCUT2D eigenvalue weighted by molar-refractivity contribution is 8.00. The van der Waals surface area contributed by atoms with E-state index in [4.69, 9.17) is 17.2 Å². The number of benzene rings is 3. The van der Waals surface area contributed by atoms with Gasteiger partial charge in [-0.1, -0.05) is 102 Å². The largest absolute Gasteiger partial charge is 0.508 e. The summed E-state index contributed by atoms with van der Waals surface area (Å²) in [6.45, 7) is 9.04. The fraction of sp³-hybridized carbons (Fsp3) is 0.551. The molecule has 3 aliphatic heterocycles. The van der Waals surface area contributed by atoms with Crippen LogP contribution >= 0.6 is 11.8 Å². The van der Waals surface area contributed by atoms with E-state index in [1.54, 1.807) is 51.3 Å². The summed E-state index contributed by atoms with van der Waals surface area (Å²) in [6.07, 6.45) is 4.59. The summed E-state index contributed by atoms with van der Waals surface area (Å²) in [5.41, 5.74) is 20.9. The topological polar surface area (TPSA) is 592 Å². The number of aromatic hydroxyl groups is 1. The van der Waals surface area contributed by atoms with Crippen LogP contribution < -0.4 is 70.4 Å². The number of phenols is 1. The first-order chi connectivity index (χ1) is 62.0. The maximum absolute atomic E-state index is 15.7. The van der Waals surface area contributed by atoms with Crippen molar-refractivity contribution < 1.29 is 87.2 Å². The van der Waals surface area contributed by atoms with Crippen LogP contribution in [0.4, 0.5) is 0 Å². The van der Waals surface area contributed by atoms with Crippen molar-refractivity contribution in [3.05, 3.63) is 120 Å². The molecule has 6 aromatic rings. The Bertz CT molecular complexity index is 4920. The second kappa shape index (κ2) is 48.6. The molecule has 708 valence electrons. The van der Waals surface area contributed by atoms with Crippen molar-refractivity contribution in [2.45, 2.75) is 241 Å². The van der Waals surface area contributed by atoms with E-state index in [2.05, 4.69) is 73.1 Å². The van der Waals surface area contributed by atoms with Crippen LogP contribution in [0.5, 0.6) is 5.75 Å². The monoisotopic (exact) mass is 1820 g/mol. The number of imidazole rings is 1. The first kappa shape index (κ1) is 102. The number of phenolic OH excluding ortho intramolecular Hbond substituents is 1. The standard InChI is InChI=1S/C89H128N22O18S/c1-10-12-19-56-44-107(7)71(24-13-11-2)83(123)98-50(5)77(117)106-70(79(119)96-43-75(92)115)46-130-47-76(116)99-67(34-52-26-28-57(112)29-27-52)86(126)108(8)51(6)78(118)103-69(39-74(91)114)88(128)110-32-18-25-72(110)84(124)102-65(37-55-42-93-48-97-55)82(122)104-66(33-49(3)4)89(129)111-45-58(113)38-73(111)85(125)101-64(35-53-40-94-61-22-16-14-20-59(53)61)81(121)100-63(30-31-90)80(120)105-68(87(127)109(56)9)36-54-41-95-62-23-17-15-21-60(54)62/h14-17,20-23,26-29,40-42,48-51,56,58,63-73,85,94-95,101,112-113,125H,10-13,18-19,24-25,30-39,43-47,90H2,1-9H3,(H2,91,114)(H2,92,115)(H,93,97)(H,96,119)(H,98,123)(H,99,116)(H,100,121)(H,102,124)(H,103,118)(H,104,122)(H,105,120)(H,106,117)/t50-,51-,56-,58+,63?,64-,65-,66-,67-,68-,69-,70?,71-,72-,73-,85?/m0/s1. The van der Waals surface area contributed by atoms with E-state index >= 15 is 24.0 Å². The number of hydrogen-bond donors (Lipinski definition) is 19. The van der Waals surface area contributed by atoms with Gasteiger partial charge in [0.25, 0.3) is 0 Å². The molecule has 3 fully saturated rings. The Balaban J connectivity index is 1.08. The van der Waals surface area contributed by atoms with Crippen LogP contribution in [0.25, 0.3) is 21.8 Å². The van der Waals surface area contributed by atoms with Crippen LogP contribution in [0.3, 0.4) is 0 Å². The number of unbranched alkanes of at least 4 members (excludes halogenated alkanes) is 2. The molecule has 6 heterocycles. The van der Waals surface area contributed by atoms with E-state index in [1.807, 2.05) is 56.3 Å². The van der Waals surface area contributed by atoms with Gasteiger partial charge in [0.05, 0.1) is 49.3 Å². The number of amides is 15. The Morgan fingerprint density at radius 3 is 1.80 bits per heavy atom. The third kappa shape index (κ3) is 28.2. The van der Waals surface area contributed by atoms with E-state index in [1.165, 1.54) is 67.5 Å². The first-order valence-electron chi connectivity index (χ1n) is 44.3. The molecule has 0 aliphatic carbocycles. The quantitative estimate of drug-likeness (QED) is 0.0345. The molecule has 22 N–H and O–H groups in total. The maximum Gasteiger partial charge on any atom is 0.246 e. The maximum atomic E-state index is 15.7. The third-order valence-electron chi connectivity index (χ3n) is 24.0. The first-order valence-corrected chi connectivity index (χ1v) is 45.5. The van der Waals surface area contributed by atoms with Crippen LogP contribution in [0, 0.1) is 5.92 Å². The number of aromatic amines is 3. The summed E-state index contributed by atoms with van der Waals surface area (Å²) in [5, 5.41) is 63.4. The number of carbonyl (C=O) groups is 15. The number of carbonyl (C=O) groups excluding carboxylic acids is 15. The number of fused-ring (bicyclic) bond motifs is 4.